The van der Waals surface area contributed by atoms with E-state index in [2.05, 4.69) is 29.8 Å². The molecule has 2 nitrogen and oxygen atoms in total. The zero-order chi connectivity index (χ0) is 13.4. The van der Waals surface area contributed by atoms with E-state index in [4.69, 9.17) is 9.47 Å². The molecule has 0 saturated carbocycles. The monoisotopic (exact) mass is 314 g/mol. The van der Waals surface area contributed by atoms with Crippen LogP contribution in [0.1, 0.15) is 33.1 Å². The van der Waals surface area contributed by atoms with Crippen molar-refractivity contribution in [2.45, 2.75) is 33.1 Å². The summed E-state index contributed by atoms with van der Waals surface area (Å²) in [5.74, 6) is 1.63. The molecule has 0 radical (unpaired) electrons. The number of benzene rings is 1. The SMILES string of the molecule is CCC(CC)(CBr)CCOc1ccccc1OC. The molecule has 1 aromatic carbocycles. The molecule has 0 atom stereocenters. The van der Waals surface area contributed by atoms with Crippen LogP contribution in [0.2, 0.25) is 0 Å². The third-order valence-electron chi connectivity index (χ3n) is 3.74. The Balaban J connectivity index is 2.55. The average molecular weight is 315 g/mol. The number of para-hydroxylation sites is 2. The lowest BCUT2D eigenvalue weighted by Crippen LogP contribution is -2.23. The number of hydrogen-bond acceptors (Lipinski definition) is 2. The molecule has 0 aliphatic heterocycles. The van der Waals surface area contributed by atoms with Gasteiger partial charge in [0, 0.05) is 5.33 Å². The largest absolute Gasteiger partial charge is 0.493 e. The van der Waals surface area contributed by atoms with Crippen LogP contribution < -0.4 is 9.47 Å². The third-order valence-corrected chi connectivity index (χ3v) is 4.93. The van der Waals surface area contributed by atoms with Crippen LogP contribution in [0.25, 0.3) is 0 Å². The second-order valence-corrected chi connectivity index (χ2v) is 5.15. The van der Waals surface area contributed by atoms with Crippen LogP contribution in [0.5, 0.6) is 11.5 Å². The Hall–Kier alpha value is -0.700. The van der Waals surface area contributed by atoms with Crippen molar-refractivity contribution in [3.05, 3.63) is 24.3 Å². The molecule has 3 heteroatoms. The molecule has 102 valence electrons. The number of rotatable bonds is 8. The van der Waals surface area contributed by atoms with Crippen LogP contribution in [-0.2, 0) is 0 Å². The van der Waals surface area contributed by atoms with Crippen molar-refractivity contribution in [2.24, 2.45) is 5.41 Å². The van der Waals surface area contributed by atoms with Crippen molar-refractivity contribution in [1.82, 2.24) is 0 Å². The minimum absolute atomic E-state index is 0.349. The lowest BCUT2D eigenvalue weighted by Gasteiger charge is -2.29. The van der Waals surface area contributed by atoms with Gasteiger partial charge in [-0.05, 0) is 36.8 Å². The molecule has 0 unspecified atom stereocenters. The van der Waals surface area contributed by atoms with E-state index in [1.54, 1.807) is 7.11 Å². The fourth-order valence-corrected chi connectivity index (χ4v) is 3.05. The number of ether oxygens (including phenoxy) is 2. The van der Waals surface area contributed by atoms with Crippen LogP contribution in [0, 0.1) is 5.41 Å². The van der Waals surface area contributed by atoms with Gasteiger partial charge in [0.05, 0.1) is 13.7 Å². The van der Waals surface area contributed by atoms with Crippen LogP contribution >= 0.6 is 15.9 Å². The van der Waals surface area contributed by atoms with E-state index >= 15 is 0 Å². The highest BCUT2D eigenvalue weighted by Crippen LogP contribution is 2.33. The molecular formula is C15H23BrO2. The molecule has 1 rings (SSSR count). The highest BCUT2D eigenvalue weighted by molar-refractivity contribution is 9.09. The molecule has 0 saturated heterocycles. The first-order chi connectivity index (χ1) is 8.71. The van der Waals surface area contributed by atoms with E-state index in [9.17, 15) is 0 Å². The molecule has 0 spiro atoms. The first-order valence-corrected chi connectivity index (χ1v) is 7.65. The van der Waals surface area contributed by atoms with E-state index in [-0.39, 0.29) is 0 Å². The summed E-state index contributed by atoms with van der Waals surface area (Å²) in [4.78, 5) is 0. The summed E-state index contributed by atoms with van der Waals surface area (Å²) in [5.41, 5.74) is 0.349. The summed E-state index contributed by atoms with van der Waals surface area (Å²) in [5, 5.41) is 1.03. The minimum atomic E-state index is 0.349. The maximum atomic E-state index is 5.84. The van der Waals surface area contributed by atoms with Gasteiger partial charge in [-0.1, -0.05) is 41.9 Å². The molecule has 0 bridgehead atoms. The van der Waals surface area contributed by atoms with Gasteiger partial charge in [-0.15, -0.1) is 0 Å². The Morgan fingerprint density at radius 2 is 1.72 bits per heavy atom. The summed E-state index contributed by atoms with van der Waals surface area (Å²) in [6, 6.07) is 7.79. The number of hydrogen-bond donors (Lipinski definition) is 0. The molecule has 0 aliphatic carbocycles. The molecule has 1 aromatic rings. The summed E-state index contributed by atoms with van der Waals surface area (Å²) >= 11 is 3.63. The fraction of sp³-hybridized carbons (Fsp3) is 0.600. The van der Waals surface area contributed by atoms with Crippen molar-refractivity contribution in [3.8, 4) is 11.5 Å². The predicted octanol–water partition coefficient (Wildman–Crippen LogP) is 4.67. The van der Waals surface area contributed by atoms with Crippen LogP contribution in [0.3, 0.4) is 0 Å². The van der Waals surface area contributed by atoms with Crippen molar-refractivity contribution >= 4 is 15.9 Å². The Morgan fingerprint density at radius 3 is 2.22 bits per heavy atom. The van der Waals surface area contributed by atoms with E-state index < -0.39 is 0 Å². The maximum absolute atomic E-state index is 5.84. The smallest absolute Gasteiger partial charge is 0.161 e. The highest BCUT2D eigenvalue weighted by atomic mass is 79.9. The predicted molar refractivity (Wildman–Crippen MR) is 79.9 cm³/mol. The summed E-state index contributed by atoms with van der Waals surface area (Å²) in [7, 11) is 1.67. The standard InChI is InChI=1S/C15H23BrO2/c1-4-15(5-2,12-16)10-11-18-14-9-7-6-8-13(14)17-3/h6-9H,4-5,10-12H2,1-3H3. The van der Waals surface area contributed by atoms with E-state index in [0.29, 0.717) is 5.41 Å². The van der Waals surface area contributed by atoms with Gasteiger partial charge >= 0.3 is 0 Å². The minimum Gasteiger partial charge on any atom is -0.493 e. The second kappa shape index (κ2) is 7.67. The Morgan fingerprint density at radius 1 is 1.11 bits per heavy atom. The molecule has 0 heterocycles. The third kappa shape index (κ3) is 3.91. The zero-order valence-corrected chi connectivity index (χ0v) is 13.1. The summed E-state index contributed by atoms with van der Waals surface area (Å²) in [6.45, 7) is 5.22. The molecule has 0 aliphatic rings. The molecule has 0 aromatic heterocycles. The quantitative estimate of drug-likeness (QED) is 0.649. The molecule has 18 heavy (non-hydrogen) atoms. The number of methoxy groups -OCH3 is 1. The second-order valence-electron chi connectivity index (χ2n) is 4.59. The van der Waals surface area contributed by atoms with Crippen LogP contribution in [0.4, 0.5) is 0 Å². The van der Waals surface area contributed by atoms with E-state index in [1.165, 1.54) is 12.8 Å². The van der Waals surface area contributed by atoms with Crippen molar-refractivity contribution in [1.29, 1.82) is 0 Å². The van der Waals surface area contributed by atoms with Gasteiger partial charge in [0.15, 0.2) is 11.5 Å². The van der Waals surface area contributed by atoms with Crippen LogP contribution in [-0.4, -0.2) is 19.0 Å². The Labute approximate surface area is 119 Å². The van der Waals surface area contributed by atoms with Gasteiger partial charge in [-0.2, -0.15) is 0 Å². The van der Waals surface area contributed by atoms with Gasteiger partial charge in [0.1, 0.15) is 0 Å². The van der Waals surface area contributed by atoms with Crippen molar-refractivity contribution < 1.29 is 9.47 Å². The van der Waals surface area contributed by atoms with Gasteiger partial charge in [-0.3, -0.25) is 0 Å². The lowest BCUT2D eigenvalue weighted by atomic mass is 9.82. The van der Waals surface area contributed by atoms with Gasteiger partial charge in [-0.25, -0.2) is 0 Å². The van der Waals surface area contributed by atoms with Gasteiger partial charge in [0.25, 0.3) is 0 Å². The normalized spacial score (nSPS) is 11.3. The zero-order valence-electron chi connectivity index (χ0n) is 11.5. The first-order valence-electron chi connectivity index (χ1n) is 6.53. The van der Waals surface area contributed by atoms with Gasteiger partial charge < -0.3 is 9.47 Å². The number of halogens is 1. The average Bonchev–Trinajstić information content (AvgIpc) is 2.44. The number of alkyl halides is 1. The molecule has 0 N–H and O–H groups in total. The van der Waals surface area contributed by atoms with E-state index in [1.807, 2.05) is 24.3 Å². The Bertz CT molecular complexity index is 340. The summed E-state index contributed by atoms with van der Waals surface area (Å²) < 4.78 is 11.1. The molecular weight excluding hydrogens is 292 g/mol. The Kier molecular flexibility index (Phi) is 6.55. The fourth-order valence-electron chi connectivity index (χ4n) is 1.97. The maximum Gasteiger partial charge on any atom is 0.161 e. The highest BCUT2D eigenvalue weighted by Gasteiger charge is 2.24. The lowest BCUT2D eigenvalue weighted by molar-refractivity contribution is 0.200. The van der Waals surface area contributed by atoms with Gasteiger partial charge in [0.2, 0.25) is 0 Å². The van der Waals surface area contributed by atoms with Crippen molar-refractivity contribution in [2.75, 3.05) is 19.0 Å². The summed E-state index contributed by atoms with van der Waals surface area (Å²) in [6.07, 6.45) is 3.40. The molecule has 0 amide bonds. The first kappa shape index (κ1) is 15.4. The molecule has 0 fully saturated rings. The topological polar surface area (TPSA) is 18.5 Å². The van der Waals surface area contributed by atoms with E-state index in [0.717, 1.165) is 29.9 Å². The van der Waals surface area contributed by atoms with Crippen LogP contribution in [0.15, 0.2) is 24.3 Å². The van der Waals surface area contributed by atoms with Crippen molar-refractivity contribution in [3.63, 3.8) is 0 Å².